The van der Waals surface area contributed by atoms with Crippen molar-refractivity contribution in [3.63, 3.8) is 0 Å². The van der Waals surface area contributed by atoms with Crippen molar-refractivity contribution < 1.29 is 13.5 Å². The Balaban J connectivity index is 1.99. The van der Waals surface area contributed by atoms with Crippen molar-refractivity contribution in [2.45, 2.75) is 12.5 Å². The number of hydrogen-bond acceptors (Lipinski definition) is 4. The Bertz CT molecular complexity index is 645. The van der Waals surface area contributed by atoms with Gasteiger partial charge in [0.25, 0.3) is 0 Å². The second-order valence-corrected chi connectivity index (χ2v) is 6.56. The zero-order valence-corrected chi connectivity index (χ0v) is 12.3. The first-order chi connectivity index (χ1) is 10.1. The Morgan fingerprint density at radius 1 is 1.10 bits per heavy atom. The lowest BCUT2D eigenvalue weighted by Gasteiger charge is -2.16. The lowest BCUT2D eigenvalue weighted by atomic mass is 10.1. The monoisotopic (exact) mass is 306 g/mol. The molecule has 2 aromatic rings. The highest BCUT2D eigenvalue weighted by Crippen LogP contribution is 2.13. The van der Waals surface area contributed by atoms with Gasteiger partial charge in [-0.3, -0.25) is 4.98 Å². The number of benzene rings is 1. The molecule has 0 aliphatic rings. The molecule has 0 spiro atoms. The van der Waals surface area contributed by atoms with E-state index in [0.717, 1.165) is 11.1 Å². The molecular weight excluding hydrogens is 288 g/mol. The zero-order valence-electron chi connectivity index (χ0n) is 11.5. The summed E-state index contributed by atoms with van der Waals surface area (Å²) < 4.78 is 26.8. The van der Waals surface area contributed by atoms with Gasteiger partial charge in [0.05, 0.1) is 18.4 Å². The number of aryl methyl sites for hydroxylation is 1. The predicted octanol–water partition coefficient (Wildman–Crippen LogP) is 1.28. The molecule has 2 rings (SSSR count). The number of rotatable bonds is 7. The maximum absolute atomic E-state index is 12.1. The third-order valence-corrected chi connectivity index (χ3v) is 4.50. The van der Waals surface area contributed by atoms with E-state index >= 15 is 0 Å². The molecule has 112 valence electrons. The standard InChI is InChI=1S/C15H18N2O3S/c18-12-15(14-4-2-1-3-5-14)17-21(19,20)11-8-13-6-9-16-10-7-13/h1-7,9-10,15,17-18H,8,11-12H2. The second-order valence-electron chi connectivity index (χ2n) is 4.69. The number of aliphatic hydroxyl groups is 1. The number of aromatic nitrogens is 1. The van der Waals surface area contributed by atoms with Crippen LogP contribution in [0.5, 0.6) is 0 Å². The fraction of sp³-hybridized carbons (Fsp3) is 0.267. The second kappa shape index (κ2) is 7.31. The summed E-state index contributed by atoms with van der Waals surface area (Å²) in [6.07, 6.45) is 3.68. The van der Waals surface area contributed by atoms with Gasteiger partial charge < -0.3 is 5.11 Å². The van der Waals surface area contributed by atoms with Crippen LogP contribution in [0.1, 0.15) is 17.2 Å². The summed E-state index contributed by atoms with van der Waals surface area (Å²) in [7, 11) is -3.47. The molecule has 21 heavy (non-hydrogen) atoms. The first-order valence-electron chi connectivity index (χ1n) is 6.65. The summed E-state index contributed by atoms with van der Waals surface area (Å²) in [5.74, 6) is -0.0274. The largest absolute Gasteiger partial charge is 0.394 e. The molecule has 5 nitrogen and oxygen atoms in total. The van der Waals surface area contributed by atoms with Crippen LogP contribution < -0.4 is 4.72 Å². The van der Waals surface area contributed by atoms with Crippen LogP contribution in [-0.4, -0.2) is 30.9 Å². The normalized spacial score (nSPS) is 13.0. The Labute approximate surface area is 124 Å². The molecule has 0 aliphatic heterocycles. The van der Waals surface area contributed by atoms with Gasteiger partial charge in [0.15, 0.2) is 0 Å². The van der Waals surface area contributed by atoms with Crippen LogP contribution in [0.3, 0.4) is 0 Å². The zero-order chi connectivity index (χ0) is 15.1. The van der Waals surface area contributed by atoms with E-state index in [-0.39, 0.29) is 12.4 Å². The van der Waals surface area contributed by atoms with Crippen LogP contribution in [0.2, 0.25) is 0 Å². The molecule has 2 N–H and O–H groups in total. The molecule has 0 saturated heterocycles. The van der Waals surface area contributed by atoms with Crippen LogP contribution in [0, 0.1) is 0 Å². The van der Waals surface area contributed by atoms with E-state index in [1.807, 2.05) is 18.2 Å². The summed E-state index contributed by atoms with van der Waals surface area (Å²) in [5.41, 5.74) is 1.66. The van der Waals surface area contributed by atoms with Crippen molar-refractivity contribution >= 4 is 10.0 Å². The fourth-order valence-electron chi connectivity index (χ4n) is 1.97. The van der Waals surface area contributed by atoms with Gasteiger partial charge in [0.2, 0.25) is 10.0 Å². The molecule has 1 unspecified atom stereocenters. The average Bonchev–Trinajstić information content (AvgIpc) is 2.53. The van der Waals surface area contributed by atoms with Gasteiger partial charge in [0, 0.05) is 12.4 Å². The van der Waals surface area contributed by atoms with Crippen LogP contribution in [0.15, 0.2) is 54.9 Å². The Hall–Kier alpha value is -1.76. The summed E-state index contributed by atoms with van der Waals surface area (Å²) in [4.78, 5) is 3.89. The minimum Gasteiger partial charge on any atom is -0.394 e. The van der Waals surface area contributed by atoms with Gasteiger partial charge >= 0.3 is 0 Å². The Morgan fingerprint density at radius 2 is 1.76 bits per heavy atom. The smallest absolute Gasteiger partial charge is 0.212 e. The molecule has 1 aromatic heterocycles. The number of nitrogens with zero attached hydrogens (tertiary/aromatic N) is 1. The molecule has 6 heteroatoms. The molecule has 1 heterocycles. The topological polar surface area (TPSA) is 79.3 Å². The lowest BCUT2D eigenvalue weighted by molar-refractivity contribution is 0.259. The summed E-state index contributed by atoms with van der Waals surface area (Å²) >= 11 is 0. The van der Waals surface area contributed by atoms with Crippen LogP contribution in [0.4, 0.5) is 0 Å². The van der Waals surface area contributed by atoms with Gasteiger partial charge in [-0.2, -0.15) is 0 Å². The minimum atomic E-state index is -3.47. The molecule has 0 fully saturated rings. The molecule has 0 amide bonds. The average molecular weight is 306 g/mol. The first-order valence-corrected chi connectivity index (χ1v) is 8.30. The lowest BCUT2D eigenvalue weighted by Crippen LogP contribution is -2.33. The molecule has 0 saturated carbocycles. The maximum atomic E-state index is 12.1. The molecule has 1 aromatic carbocycles. The van der Waals surface area contributed by atoms with E-state index in [1.165, 1.54) is 0 Å². The number of sulfonamides is 1. The van der Waals surface area contributed by atoms with Gasteiger partial charge in [-0.25, -0.2) is 13.1 Å². The summed E-state index contributed by atoms with van der Waals surface area (Å²) in [6, 6.07) is 12.0. The number of aliphatic hydroxyl groups excluding tert-OH is 1. The van der Waals surface area contributed by atoms with E-state index < -0.39 is 16.1 Å². The Morgan fingerprint density at radius 3 is 2.38 bits per heavy atom. The van der Waals surface area contributed by atoms with Crippen LogP contribution >= 0.6 is 0 Å². The van der Waals surface area contributed by atoms with Crippen molar-refractivity contribution in [3.05, 3.63) is 66.0 Å². The van der Waals surface area contributed by atoms with Crippen molar-refractivity contribution in [3.8, 4) is 0 Å². The van der Waals surface area contributed by atoms with E-state index in [4.69, 9.17) is 0 Å². The SMILES string of the molecule is O=S(=O)(CCc1ccncc1)NC(CO)c1ccccc1. The highest BCUT2D eigenvalue weighted by Gasteiger charge is 2.18. The first kappa shape index (κ1) is 15.6. The van der Waals surface area contributed by atoms with Crippen molar-refractivity contribution in [1.82, 2.24) is 9.71 Å². The van der Waals surface area contributed by atoms with Crippen molar-refractivity contribution in [1.29, 1.82) is 0 Å². The van der Waals surface area contributed by atoms with E-state index in [1.54, 1.807) is 36.7 Å². The molecule has 0 radical (unpaired) electrons. The molecule has 1 atom stereocenters. The fourth-order valence-corrected chi connectivity index (χ4v) is 3.24. The van der Waals surface area contributed by atoms with E-state index in [2.05, 4.69) is 9.71 Å². The van der Waals surface area contributed by atoms with E-state index in [0.29, 0.717) is 6.42 Å². The predicted molar refractivity (Wildman–Crippen MR) is 81.1 cm³/mol. The maximum Gasteiger partial charge on any atom is 0.212 e. The van der Waals surface area contributed by atoms with Crippen molar-refractivity contribution in [2.24, 2.45) is 0 Å². The highest BCUT2D eigenvalue weighted by molar-refractivity contribution is 7.89. The summed E-state index contributed by atoms with van der Waals surface area (Å²) in [6.45, 7) is -0.279. The van der Waals surface area contributed by atoms with Crippen LogP contribution in [0.25, 0.3) is 0 Å². The van der Waals surface area contributed by atoms with Crippen LogP contribution in [-0.2, 0) is 16.4 Å². The minimum absolute atomic E-state index is 0.0274. The number of hydrogen-bond donors (Lipinski definition) is 2. The molecular formula is C15H18N2O3S. The third kappa shape index (κ3) is 4.93. The number of pyridine rings is 1. The van der Waals surface area contributed by atoms with Gasteiger partial charge in [-0.05, 0) is 29.7 Å². The number of nitrogens with one attached hydrogen (secondary N) is 1. The molecule has 0 bridgehead atoms. The highest BCUT2D eigenvalue weighted by atomic mass is 32.2. The van der Waals surface area contributed by atoms with Gasteiger partial charge in [-0.1, -0.05) is 30.3 Å². The van der Waals surface area contributed by atoms with Gasteiger partial charge in [-0.15, -0.1) is 0 Å². The van der Waals surface area contributed by atoms with E-state index in [9.17, 15) is 13.5 Å². The summed E-state index contributed by atoms with van der Waals surface area (Å²) in [5, 5.41) is 9.39. The van der Waals surface area contributed by atoms with Crippen molar-refractivity contribution in [2.75, 3.05) is 12.4 Å². The third-order valence-electron chi connectivity index (χ3n) is 3.12. The Kier molecular flexibility index (Phi) is 5.44. The quantitative estimate of drug-likeness (QED) is 0.807. The molecule has 0 aliphatic carbocycles. The van der Waals surface area contributed by atoms with Gasteiger partial charge in [0.1, 0.15) is 0 Å².